The van der Waals surface area contributed by atoms with Crippen molar-refractivity contribution in [1.82, 2.24) is 24.7 Å². The van der Waals surface area contributed by atoms with Crippen molar-refractivity contribution in [3.05, 3.63) is 30.1 Å². The lowest BCUT2D eigenvalue weighted by atomic mass is 9.92. The summed E-state index contributed by atoms with van der Waals surface area (Å²) in [7, 11) is 1.71. The number of ether oxygens (including phenoxy) is 1. The standard InChI is InChI=1S/C26H39N5O3/c1-19(2)18-31(21-15-20(16-27-17-21)25(32)29-11-8-12-29)26(33)24-28-22-9-4-5-10-23(22)30(24)13-6-7-14-34-3/h4-5,9-10,19-21,27H,6-8,11-18H2,1-3H3/t20-,21+/m1/s1. The highest BCUT2D eigenvalue weighted by molar-refractivity contribution is 5.95. The van der Waals surface area contributed by atoms with E-state index in [1.807, 2.05) is 34.1 Å². The minimum absolute atomic E-state index is 0.0272. The highest BCUT2D eigenvalue weighted by atomic mass is 16.5. The van der Waals surface area contributed by atoms with Gasteiger partial charge in [0.05, 0.1) is 17.0 Å². The number of carbonyl (C=O) groups is 2. The normalized spacial score (nSPS) is 20.5. The Morgan fingerprint density at radius 1 is 1.21 bits per heavy atom. The maximum atomic E-state index is 14.0. The van der Waals surface area contributed by atoms with Crippen LogP contribution in [0, 0.1) is 11.8 Å². The highest BCUT2D eigenvalue weighted by Gasteiger charge is 2.37. The molecular formula is C26H39N5O3. The summed E-state index contributed by atoms with van der Waals surface area (Å²) < 4.78 is 7.28. The zero-order valence-electron chi connectivity index (χ0n) is 20.8. The largest absolute Gasteiger partial charge is 0.385 e. The molecule has 2 atom stereocenters. The molecule has 0 radical (unpaired) electrons. The number of rotatable bonds is 10. The van der Waals surface area contributed by atoms with Crippen LogP contribution in [0.5, 0.6) is 0 Å². The Balaban J connectivity index is 1.59. The number of likely N-dealkylation sites (tertiary alicyclic amines) is 1. The third-order valence-electron chi connectivity index (χ3n) is 6.93. The first-order valence-corrected chi connectivity index (χ1v) is 12.7. The number of para-hydroxylation sites is 2. The highest BCUT2D eigenvalue weighted by Crippen LogP contribution is 2.25. The molecule has 8 heteroatoms. The number of aryl methyl sites for hydroxylation is 1. The Morgan fingerprint density at radius 3 is 2.71 bits per heavy atom. The number of methoxy groups -OCH3 is 1. The summed E-state index contributed by atoms with van der Waals surface area (Å²) in [6.45, 7) is 9.45. The molecule has 0 unspecified atom stereocenters. The van der Waals surface area contributed by atoms with Crippen LogP contribution >= 0.6 is 0 Å². The first-order valence-electron chi connectivity index (χ1n) is 12.7. The number of piperidine rings is 1. The van der Waals surface area contributed by atoms with Gasteiger partial charge in [0.1, 0.15) is 0 Å². The molecule has 1 N–H and O–H groups in total. The molecule has 2 aliphatic heterocycles. The van der Waals surface area contributed by atoms with Crippen molar-refractivity contribution in [2.45, 2.75) is 52.1 Å². The van der Waals surface area contributed by atoms with Crippen LogP contribution in [0.4, 0.5) is 0 Å². The minimum atomic E-state index is -0.0747. The molecule has 1 aromatic heterocycles. The fraction of sp³-hybridized carbons (Fsp3) is 0.654. The van der Waals surface area contributed by atoms with Crippen LogP contribution < -0.4 is 5.32 Å². The molecule has 2 aromatic rings. The molecule has 2 saturated heterocycles. The molecule has 2 aliphatic rings. The molecule has 2 amide bonds. The third kappa shape index (κ3) is 5.44. The summed E-state index contributed by atoms with van der Waals surface area (Å²) >= 11 is 0. The van der Waals surface area contributed by atoms with Gasteiger partial charge in [-0.3, -0.25) is 9.59 Å². The summed E-state index contributed by atoms with van der Waals surface area (Å²) in [5.41, 5.74) is 1.83. The number of unbranched alkanes of at least 4 members (excludes halogenated alkanes) is 1. The Labute approximate surface area is 202 Å². The lowest BCUT2D eigenvalue weighted by molar-refractivity contribution is -0.140. The van der Waals surface area contributed by atoms with Crippen LogP contribution in [-0.2, 0) is 16.1 Å². The number of nitrogens with zero attached hydrogens (tertiary/aromatic N) is 4. The van der Waals surface area contributed by atoms with E-state index in [1.165, 1.54) is 0 Å². The number of aromatic nitrogens is 2. The molecule has 3 heterocycles. The van der Waals surface area contributed by atoms with E-state index >= 15 is 0 Å². The summed E-state index contributed by atoms with van der Waals surface area (Å²) in [6.07, 6.45) is 3.64. The van der Waals surface area contributed by atoms with Crippen LogP contribution in [0.15, 0.2) is 24.3 Å². The smallest absolute Gasteiger partial charge is 0.290 e. The molecule has 0 saturated carbocycles. The van der Waals surface area contributed by atoms with Gasteiger partial charge in [-0.15, -0.1) is 0 Å². The molecular weight excluding hydrogens is 430 g/mol. The summed E-state index contributed by atoms with van der Waals surface area (Å²) in [4.78, 5) is 35.6. The van der Waals surface area contributed by atoms with Gasteiger partial charge in [-0.25, -0.2) is 4.98 Å². The van der Waals surface area contributed by atoms with Crippen molar-refractivity contribution in [2.75, 3.05) is 46.4 Å². The summed E-state index contributed by atoms with van der Waals surface area (Å²) in [5.74, 6) is 0.922. The predicted molar refractivity (Wildman–Crippen MR) is 133 cm³/mol. The van der Waals surface area contributed by atoms with E-state index in [-0.39, 0.29) is 23.8 Å². The fourth-order valence-electron chi connectivity index (χ4n) is 5.04. The molecule has 0 bridgehead atoms. The van der Waals surface area contributed by atoms with Gasteiger partial charge < -0.3 is 24.4 Å². The molecule has 0 spiro atoms. The summed E-state index contributed by atoms with van der Waals surface area (Å²) in [6, 6.07) is 7.93. The number of nitrogens with one attached hydrogen (secondary N) is 1. The summed E-state index contributed by atoms with van der Waals surface area (Å²) in [5, 5.41) is 3.44. The lowest BCUT2D eigenvalue weighted by Gasteiger charge is -2.41. The minimum Gasteiger partial charge on any atom is -0.385 e. The molecule has 186 valence electrons. The Hall–Kier alpha value is -2.45. The fourth-order valence-corrected chi connectivity index (χ4v) is 5.04. The number of fused-ring (bicyclic) bond motifs is 1. The van der Waals surface area contributed by atoms with Crippen molar-refractivity contribution < 1.29 is 14.3 Å². The zero-order chi connectivity index (χ0) is 24.1. The second-order valence-electron chi connectivity index (χ2n) is 10.1. The topological polar surface area (TPSA) is 79.7 Å². The molecule has 34 heavy (non-hydrogen) atoms. The number of benzene rings is 1. The number of hydrogen-bond donors (Lipinski definition) is 1. The van der Waals surface area contributed by atoms with E-state index < -0.39 is 0 Å². The quantitative estimate of drug-likeness (QED) is 0.542. The second-order valence-corrected chi connectivity index (χ2v) is 10.1. The van der Waals surface area contributed by atoms with Crippen molar-refractivity contribution in [3.63, 3.8) is 0 Å². The van der Waals surface area contributed by atoms with Crippen LogP contribution in [0.25, 0.3) is 11.0 Å². The van der Waals surface area contributed by atoms with Crippen LogP contribution in [0.2, 0.25) is 0 Å². The van der Waals surface area contributed by atoms with Gasteiger partial charge in [-0.1, -0.05) is 26.0 Å². The molecule has 2 fully saturated rings. The zero-order valence-corrected chi connectivity index (χ0v) is 20.8. The van der Waals surface area contributed by atoms with E-state index in [9.17, 15) is 9.59 Å². The molecule has 8 nitrogen and oxygen atoms in total. The van der Waals surface area contributed by atoms with E-state index in [0.29, 0.717) is 44.4 Å². The van der Waals surface area contributed by atoms with Gasteiger partial charge in [-0.2, -0.15) is 0 Å². The van der Waals surface area contributed by atoms with E-state index in [2.05, 4.69) is 23.7 Å². The number of amides is 2. The number of carbonyl (C=O) groups excluding carboxylic acids is 2. The maximum absolute atomic E-state index is 14.0. The monoisotopic (exact) mass is 469 g/mol. The molecule has 1 aromatic carbocycles. The number of imidazole rings is 1. The van der Waals surface area contributed by atoms with E-state index in [1.54, 1.807) is 7.11 Å². The lowest BCUT2D eigenvalue weighted by Crippen LogP contribution is -2.56. The van der Waals surface area contributed by atoms with Gasteiger partial charge in [0.25, 0.3) is 5.91 Å². The Morgan fingerprint density at radius 2 is 2.00 bits per heavy atom. The van der Waals surface area contributed by atoms with Gasteiger partial charge in [0.2, 0.25) is 5.91 Å². The Bertz CT molecular complexity index is 984. The van der Waals surface area contributed by atoms with Crippen molar-refractivity contribution in [3.8, 4) is 0 Å². The SMILES string of the molecule is COCCCCn1c(C(=O)N(CC(C)C)[C@@H]2CNC[C@H](C(=O)N3CCC3)C2)nc2ccccc21. The van der Waals surface area contributed by atoms with Crippen molar-refractivity contribution >= 4 is 22.8 Å². The van der Waals surface area contributed by atoms with E-state index in [4.69, 9.17) is 9.72 Å². The van der Waals surface area contributed by atoms with Gasteiger partial charge >= 0.3 is 0 Å². The van der Waals surface area contributed by atoms with Crippen LogP contribution in [0.1, 0.15) is 50.1 Å². The van der Waals surface area contributed by atoms with Gasteiger partial charge in [-0.05, 0) is 43.7 Å². The number of hydrogen-bond acceptors (Lipinski definition) is 5. The van der Waals surface area contributed by atoms with Crippen molar-refractivity contribution in [1.29, 1.82) is 0 Å². The average molecular weight is 470 g/mol. The predicted octanol–water partition coefficient (Wildman–Crippen LogP) is 2.77. The Kier molecular flexibility index (Phi) is 8.21. The van der Waals surface area contributed by atoms with Crippen LogP contribution in [0.3, 0.4) is 0 Å². The second kappa shape index (κ2) is 11.3. The maximum Gasteiger partial charge on any atom is 0.290 e. The van der Waals surface area contributed by atoms with Gasteiger partial charge in [0, 0.05) is 59.0 Å². The first-order chi connectivity index (χ1) is 16.5. The van der Waals surface area contributed by atoms with Gasteiger partial charge in [0.15, 0.2) is 5.82 Å². The van der Waals surface area contributed by atoms with Crippen LogP contribution in [-0.4, -0.2) is 83.6 Å². The van der Waals surface area contributed by atoms with Crippen molar-refractivity contribution in [2.24, 2.45) is 11.8 Å². The van der Waals surface area contributed by atoms with E-state index in [0.717, 1.165) is 49.9 Å². The average Bonchev–Trinajstić information content (AvgIpc) is 3.17. The molecule has 4 rings (SSSR count). The third-order valence-corrected chi connectivity index (χ3v) is 6.93. The first kappa shape index (κ1) is 24.7. The molecule has 0 aliphatic carbocycles.